The molecule has 0 atom stereocenters. The van der Waals surface area contributed by atoms with Crippen molar-refractivity contribution < 1.29 is 4.79 Å². The number of nitrogens with zero attached hydrogens (tertiary/aromatic N) is 1. The fourth-order valence-corrected chi connectivity index (χ4v) is 2.60. The van der Waals surface area contributed by atoms with Gasteiger partial charge in [-0.2, -0.15) is 0 Å². The Morgan fingerprint density at radius 2 is 2.10 bits per heavy atom. The predicted molar refractivity (Wildman–Crippen MR) is 79.1 cm³/mol. The Labute approximate surface area is 122 Å². The molecule has 0 aliphatic heterocycles. The van der Waals surface area contributed by atoms with Crippen LogP contribution in [0.1, 0.15) is 28.8 Å². The lowest BCUT2D eigenvalue weighted by Crippen LogP contribution is -2.32. The van der Waals surface area contributed by atoms with Gasteiger partial charge in [0, 0.05) is 30.6 Å². The van der Waals surface area contributed by atoms with Crippen LogP contribution in [0.25, 0.3) is 0 Å². The molecule has 4 nitrogen and oxygen atoms in total. The topological polar surface area (TPSA) is 57.8 Å². The first kappa shape index (κ1) is 13.0. The molecule has 2 aromatic heterocycles. The molecule has 0 bridgehead atoms. The van der Waals surface area contributed by atoms with E-state index in [1.807, 2.05) is 12.1 Å². The number of hydrogen-bond donors (Lipinski definition) is 2. The Morgan fingerprint density at radius 3 is 2.75 bits per heavy atom. The molecular formula is C15H15N3OS. The third-order valence-electron chi connectivity index (χ3n) is 3.80. The van der Waals surface area contributed by atoms with Crippen molar-refractivity contribution in [1.29, 1.82) is 0 Å². The van der Waals surface area contributed by atoms with Gasteiger partial charge in [0.05, 0.1) is 5.56 Å². The maximum atomic E-state index is 12.2. The first-order valence-electron chi connectivity index (χ1n) is 6.58. The third-order valence-corrected chi connectivity index (χ3v) is 4.13. The molecular weight excluding hydrogens is 270 g/mol. The number of nitrogens with one attached hydrogen (secondary N) is 2. The minimum Gasteiger partial charge on any atom is -0.352 e. The monoisotopic (exact) mass is 285 g/mol. The normalized spacial score (nSPS) is 15.6. The van der Waals surface area contributed by atoms with E-state index in [1.165, 1.54) is 5.56 Å². The van der Waals surface area contributed by atoms with E-state index in [2.05, 4.69) is 15.3 Å². The quantitative estimate of drug-likeness (QED) is 0.849. The summed E-state index contributed by atoms with van der Waals surface area (Å²) in [5.41, 5.74) is 1.85. The highest BCUT2D eigenvalue weighted by molar-refractivity contribution is 7.71. The average molecular weight is 285 g/mol. The van der Waals surface area contributed by atoms with Gasteiger partial charge in [0.15, 0.2) is 0 Å². The summed E-state index contributed by atoms with van der Waals surface area (Å²) in [5, 5.41) is 3.00. The number of hydrogen-bond acceptors (Lipinski definition) is 3. The molecule has 1 fully saturated rings. The summed E-state index contributed by atoms with van der Waals surface area (Å²) in [5.74, 6) is -0.118. The number of carbonyl (C=O) groups excluding carboxylic acids is 1. The van der Waals surface area contributed by atoms with E-state index < -0.39 is 0 Å². The number of pyridine rings is 2. The second-order valence-electron chi connectivity index (χ2n) is 5.11. The Balaban J connectivity index is 1.70. The van der Waals surface area contributed by atoms with Gasteiger partial charge in [-0.05, 0) is 42.7 Å². The summed E-state index contributed by atoms with van der Waals surface area (Å²) in [6.07, 6.45) is 7.51. The zero-order valence-corrected chi connectivity index (χ0v) is 11.7. The van der Waals surface area contributed by atoms with Crippen LogP contribution in [0.3, 0.4) is 0 Å². The molecule has 1 aliphatic carbocycles. The van der Waals surface area contributed by atoms with Gasteiger partial charge >= 0.3 is 0 Å². The van der Waals surface area contributed by atoms with E-state index in [4.69, 9.17) is 12.2 Å². The summed E-state index contributed by atoms with van der Waals surface area (Å²) in [4.78, 5) is 19.1. The number of rotatable bonds is 4. The van der Waals surface area contributed by atoms with Crippen molar-refractivity contribution in [3.63, 3.8) is 0 Å². The molecule has 1 saturated carbocycles. The molecule has 0 spiro atoms. The lowest BCUT2D eigenvalue weighted by atomic mass is 9.97. The smallest absolute Gasteiger partial charge is 0.254 e. The summed E-state index contributed by atoms with van der Waals surface area (Å²) in [6.45, 7) is 0.638. The number of aromatic nitrogens is 2. The molecule has 0 unspecified atom stereocenters. The molecule has 1 amide bonds. The zero-order valence-electron chi connectivity index (χ0n) is 10.9. The van der Waals surface area contributed by atoms with Crippen LogP contribution in [0.4, 0.5) is 0 Å². The van der Waals surface area contributed by atoms with Gasteiger partial charge in [-0.25, -0.2) is 0 Å². The molecule has 2 N–H and O–H groups in total. The van der Waals surface area contributed by atoms with Gasteiger partial charge in [0.25, 0.3) is 5.91 Å². The SMILES string of the molecule is O=C(NCC1(c2ccncc2)CC1)c1ccc[nH]c1=S. The van der Waals surface area contributed by atoms with E-state index in [-0.39, 0.29) is 11.3 Å². The second kappa shape index (κ2) is 5.17. The summed E-state index contributed by atoms with van der Waals surface area (Å²) >= 11 is 5.12. The van der Waals surface area contributed by atoms with E-state index in [1.54, 1.807) is 30.7 Å². The fourth-order valence-electron chi connectivity index (χ4n) is 2.37. The summed E-state index contributed by atoms with van der Waals surface area (Å²) < 4.78 is 0.471. The lowest BCUT2D eigenvalue weighted by Gasteiger charge is -2.16. The molecule has 0 aromatic carbocycles. The van der Waals surface area contributed by atoms with Crippen molar-refractivity contribution in [3.05, 3.63) is 58.6 Å². The van der Waals surface area contributed by atoms with Gasteiger partial charge < -0.3 is 10.3 Å². The number of amides is 1. The number of aromatic amines is 1. The third kappa shape index (κ3) is 2.49. The standard InChI is InChI=1S/C15H15N3OS/c19-13(12-2-1-7-17-14(12)20)18-10-15(5-6-15)11-3-8-16-9-4-11/h1-4,7-9H,5-6,10H2,(H,17,20)(H,18,19). The van der Waals surface area contributed by atoms with E-state index in [0.717, 1.165) is 12.8 Å². The van der Waals surface area contributed by atoms with Crippen molar-refractivity contribution in [1.82, 2.24) is 15.3 Å². The maximum absolute atomic E-state index is 12.2. The highest BCUT2D eigenvalue weighted by atomic mass is 32.1. The van der Waals surface area contributed by atoms with Crippen molar-refractivity contribution in [2.45, 2.75) is 18.3 Å². The van der Waals surface area contributed by atoms with Crippen LogP contribution in [-0.2, 0) is 5.41 Å². The predicted octanol–water partition coefficient (Wildman–Crippen LogP) is 2.60. The first-order chi connectivity index (χ1) is 9.71. The highest BCUT2D eigenvalue weighted by Crippen LogP contribution is 2.47. The molecule has 20 heavy (non-hydrogen) atoms. The van der Waals surface area contributed by atoms with E-state index in [9.17, 15) is 4.79 Å². The minimum absolute atomic E-state index is 0.0821. The van der Waals surface area contributed by atoms with Crippen molar-refractivity contribution in [3.8, 4) is 0 Å². The zero-order chi connectivity index (χ0) is 14.0. The Hall–Kier alpha value is -2.01. The highest BCUT2D eigenvalue weighted by Gasteiger charge is 2.44. The van der Waals surface area contributed by atoms with Crippen LogP contribution in [0.2, 0.25) is 0 Å². The van der Waals surface area contributed by atoms with E-state index >= 15 is 0 Å². The summed E-state index contributed by atoms with van der Waals surface area (Å²) in [6, 6.07) is 7.56. The van der Waals surface area contributed by atoms with Gasteiger partial charge in [-0.15, -0.1) is 0 Å². The molecule has 1 aliphatic rings. The Morgan fingerprint density at radius 1 is 1.35 bits per heavy atom. The Bertz CT molecular complexity index is 677. The number of carbonyl (C=O) groups is 1. The number of H-pyrrole nitrogens is 1. The van der Waals surface area contributed by atoms with Gasteiger partial charge in [0.1, 0.15) is 4.64 Å². The second-order valence-corrected chi connectivity index (χ2v) is 5.52. The van der Waals surface area contributed by atoms with Gasteiger partial charge in [0.2, 0.25) is 0 Å². The van der Waals surface area contributed by atoms with Crippen LogP contribution < -0.4 is 5.32 Å². The maximum Gasteiger partial charge on any atom is 0.254 e. The van der Waals surface area contributed by atoms with Crippen molar-refractivity contribution >= 4 is 18.1 Å². The molecule has 0 radical (unpaired) electrons. The van der Waals surface area contributed by atoms with Gasteiger partial charge in [-0.1, -0.05) is 12.2 Å². The first-order valence-corrected chi connectivity index (χ1v) is 6.99. The van der Waals surface area contributed by atoms with Crippen LogP contribution in [0, 0.1) is 4.64 Å². The van der Waals surface area contributed by atoms with E-state index in [0.29, 0.717) is 16.7 Å². The van der Waals surface area contributed by atoms with Crippen LogP contribution in [0.15, 0.2) is 42.9 Å². The molecule has 2 aromatic rings. The van der Waals surface area contributed by atoms with Gasteiger partial charge in [-0.3, -0.25) is 9.78 Å². The molecule has 2 heterocycles. The Kier molecular flexibility index (Phi) is 3.36. The lowest BCUT2D eigenvalue weighted by molar-refractivity contribution is 0.0949. The summed E-state index contributed by atoms with van der Waals surface area (Å²) in [7, 11) is 0. The fraction of sp³-hybridized carbons (Fsp3) is 0.267. The average Bonchev–Trinajstić information content (AvgIpc) is 3.27. The van der Waals surface area contributed by atoms with Crippen molar-refractivity contribution in [2.75, 3.05) is 6.54 Å². The van der Waals surface area contributed by atoms with Crippen molar-refractivity contribution in [2.24, 2.45) is 0 Å². The minimum atomic E-state index is -0.118. The molecule has 102 valence electrons. The molecule has 3 rings (SSSR count). The van der Waals surface area contributed by atoms with Crippen LogP contribution >= 0.6 is 12.2 Å². The molecule has 5 heteroatoms. The van der Waals surface area contributed by atoms with Crippen LogP contribution in [0.5, 0.6) is 0 Å². The largest absolute Gasteiger partial charge is 0.352 e. The molecule has 0 saturated heterocycles. The van der Waals surface area contributed by atoms with Crippen LogP contribution in [-0.4, -0.2) is 22.4 Å².